The fraction of sp³-hybridized carbons (Fsp3) is 0.500. The number of benzene rings is 1. The molecule has 22 heavy (non-hydrogen) atoms. The van der Waals surface area contributed by atoms with E-state index in [0.717, 1.165) is 10.4 Å². The number of carboxylic acid groups (broad SMARTS) is 1. The zero-order valence-corrected chi connectivity index (χ0v) is 13.1. The summed E-state index contributed by atoms with van der Waals surface area (Å²) in [6.45, 7) is 4.46. The van der Waals surface area contributed by atoms with E-state index in [0.29, 0.717) is 18.9 Å². The van der Waals surface area contributed by atoms with E-state index in [2.05, 4.69) is 0 Å². The smallest absolute Gasteiger partial charge is 0.341 e. The van der Waals surface area contributed by atoms with Crippen LogP contribution in [0.4, 0.5) is 8.78 Å². The van der Waals surface area contributed by atoms with E-state index in [9.17, 15) is 22.0 Å². The Morgan fingerprint density at radius 3 is 2.27 bits per heavy atom. The SMILES string of the molecule is CC1(C)CCN(S(=O)(=O)c2ccc(F)c(C(=O)O)c2F)CC1. The van der Waals surface area contributed by atoms with Gasteiger partial charge in [0.05, 0.1) is 0 Å². The fourth-order valence-electron chi connectivity index (χ4n) is 2.40. The van der Waals surface area contributed by atoms with Gasteiger partial charge < -0.3 is 5.11 Å². The Kier molecular flexibility index (Phi) is 4.27. The first-order valence-electron chi connectivity index (χ1n) is 6.78. The lowest BCUT2D eigenvalue weighted by Gasteiger charge is -2.36. The molecule has 0 unspecified atom stereocenters. The van der Waals surface area contributed by atoms with E-state index >= 15 is 0 Å². The maximum Gasteiger partial charge on any atom is 0.341 e. The van der Waals surface area contributed by atoms with Gasteiger partial charge in [0, 0.05) is 13.1 Å². The number of piperidine rings is 1. The van der Waals surface area contributed by atoms with Gasteiger partial charge >= 0.3 is 5.97 Å². The minimum Gasteiger partial charge on any atom is -0.477 e. The number of carbonyl (C=O) groups is 1. The molecular formula is C14H17F2NO4S. The summed E-state index contributed by atoms with van der Waals surface area (Å²) in [6.07, 6.45) is 1.22. The second-order valence-electron chi connectivity index (χ2n) is 6.11. The molecular weight excluding hydrogens is 316 g/mol. The molecule has 8 heteroatoms. The van der Waals surface area contributed by atoms with Crippen LogP contribution in [0.3, 0.4) is 0 Å². The highest BCUT2D eigenvalue weighted by molar-refractivity contribution is 7.89. The van der Waals surface area contributed by atoms with Gasteiger partial charge in [-0.15, -0.1) is 0 Å². The van der Waals surface area contributed by atoms with Crippen molar-refractivity contribution >= 4 is 16.0 Å². The molecule has 0 aliphatic carbocycles. The Hall–Kier alpha value is -1.54. The Morgan fingerprint density at radius 1 is 1.23 bits per heavy atom. The van der Waals surface area contributed by atoms with Crippen LogP contribution in [-0.4, -0.2) is 36.9 Å². The van der Waals surface area contributed by atoms with Gasteiger partial charge in [-0.2, -0.15) is 4.31 Å². The van der Waals surface area contributed by atoms with Crippen molar-refractivity contribution in [1.29, 1.82) is 0 Å². The summed E-state index contributed by atoms with van der Waals surface area (Å²) in [5, 5.41) is 8.83. The van der Waals surface area contributed by atoms with Crippen LogP contribution in [0.15, 0.2) is 17.0 Å². The molecule has 1 saturated heterocycles. The van der Waals surface area contributed by atoms with Crippen molar-refractivity contribution in [1.82, 2.24) is 4.31 Å². The number of hydrogen-bond donors (Lipinski definition) is 1. The maximum atomic E-state index is 14.2. The summed E-state index contributed by atoms with van der Waals surface area (Å²) in [5.41, 5.74) is -1.25. The van der Waals surface area contributed by atoms with Crippen molar-refractivity contribution in [2.75, 3.05) is 13.1 Å². The third kappa shape index (κ3) is 2.98. The Labute approximate surface area is 127 Å². The molecule has 0 bridgehead atoms. The van der Waals surface area contributed by atoms with Crippen molar-refractivity contribution in [3.8, 4) is 0 Å². The normalized spacial score (nSPS) is 19.1. The predicted octanol–water partition coefficient (Wildman–Crippen LogP) is 2.47. The van der Waals surface area contributed by atoms with Gasteiger partial charge in [-0.25, -0.2) is 22.0 Å². The van der Waals surface area contributed by atoms with Crippen LogP contribution in [0.25, 0.3) is 0 Å². The van der Waals surface area contributed by atoms with E-state index in [1.54, 1.807) is 0 Å². The molecule has 0 amide bonds. The molecule has 1 aliphatic rings. The van der Waals surface area contributed by atoms with Gasteiger partial charge in [0.15, 0.2) is 5.82 Å². The first-order chi connectivity index (χ1) is 10.1. The molecule has 2 rings (SSSR count). The first-order valence-corrected chi connectivity index (χ1v) is 8.22. The van der Waals surface area contributed by atoms with Crippen LogP contribution in [0, 0.1) is 17.0 Å². The number of aromatic carboxylic acids is 1. The van der Waals surface area contributed by atoms with Gasteiger partial charge in [-0.05, 0) is 30.4 Å². The lowest BCUT2D eigenvalue weighted by atomic mass is 9.83. The van der Waals surface area contributed by atoms with E-state index < -0.39 is 38.1 Å². The molecule has 1 heterocycles. The highest BCUT2D eigenvalue weighted by atomic mass is 32.2. The molecule has 0 atom stereocenters. The third-order valence-corrected chi connectivity index (χ3v) is 5.88. The topological polar surface area (TPSA) is 74.7 Å². The third-order valence-electron chi connectivity index (χ3n) is 3.96. The zero-order chi connectivity index (χ0) is 16.7. The minimum absolute atomic E-state index is 0.000411. The van der Waals surface area contributed by atoms with Gasteiger partial charge in [-0.1, -0.05) is 13.8 Å². The molecule has 1 aliphatic heterocycles. The van der Waals surface area contributed by atoms with E-state index in [4.69, 9.17) is 5.11 Å². The summed E-state index contributed by atoms with van der Waals surface area (Å²) in [7, 11) is -4.19. The predicted molar refractivity (Wildman–Crippen MR) is 75.1 cm³/mol. The molecule has 1 fully saturated rings. The van der Waals surface area contributed by atoms with Crippen molar-refractivity contribution in [3.63, 3.8) is 0 Å². The van der Waals surface area contributed by atoms with Crippen molar-refractivity contribution in [2.45, 2.75) is 31.6 Å². The number of rotatable bonds is 3. The van der Waals surface area contributed by atoms with E-state index in [1.807, 2.05) is 13.8 Å². The number of carboxylic acids is 1. The van der Waals surface area contributed by atoms with Crippen LogP contribution in [0.1, 0.15) is 37.0 Å². The lowest BCUT2D eigenvalue weighted by Crippen LogP contribution is -2.41. The average Bonchev–Trinajstić information content (AvgIpc) is 2.37. The number of nitrogens with zero attached hydrogens (tertiary/aromatic N) is 1. The molecule has 122 valence electrons. The van der Waals surface area contributed by atoms with Crippen molar-refractivity contribution in [3.05, 3.63) is 29.3 Å². The summed E-state index contributed by atoms with van der Waals surface area (Å²) < 4.78 is 53.6. The fourth-order valence-corrected chi connectivity index (χ4v) is 3.91. The highest BCUT2D eigenvalue weighted by Crippen LogP contribution is 2.33. The van der Waals surface area contributed by atoms with E-state index in [1.165, 1.54) is 0 Å². The minimum atomic E-state index is -4.19. The second-order valence-corrected chi connectivity index (χ2v) is 8.01. The second kappa shape index (κ2) is 5.58. The van der Waals surface area contributed by atoms with Crippen LogP contribution in [0.5, 0.6) is 0 Å². The highest BCUT2D eigenvalue weighted by Gasteiger charge is 2.35. The summed E-state index contributed by atoms with van der Waals surface area (Å²) in [6, 6.07) is 1.43. The number of hydrogen-bond acceptors (Lipinski definition) is 3. The van der Waals surface area contributed by atoms with Crippen LogP contribution >= 0.6 is 0 Å². The molecule has 1 aromatic rings. The number of sulfonamides is 1. The van der Waals surface area contributed by atoms with E-state index in [-0.39, 0.29) is 18.5 Å². The quantitative estimate of drug-likeness (QED) is 0.922. The summed E-state index contributed by atoms with van der Waals surface area (Å²) in [4.78, 5) is 10.1. The molecule has 0 radical (unpaired) electrons. The molecule has 5 nitrogen and oxygen atoms in total. The van der Waals surface area contributed by atoms with Crippen molar-refractivity contribution < 1.29 is 27.1 Å². The molecule has 0 spiro atoms. The summed E-state index contributed by atoms with van der Waals surface area (Å²) in [5.74, 6) is -4.70. The maximum absolute atomic E-state index is 14.2. The largest absolute Gasteiger partial charge is 0.477 e. The van der Waals surface area contributed by atoms with Gasteiger partial charge in [0.2, 0.25) is 10.0 Å². The monoisotopic (exact) mass is 333 g/mol. The zero-order valence-electron chi connectivity index (χ0n) is 12.3. The molecule has 1 N–H and O–H groups in total. The van der Waals surface area contributed by atoms with Crippen molar-refractivity contribution in [2.24, 2.45) is 5.41 Å². The van der Waals surface area contributed by atoms with Crippen LogP contribution in [0.2, 0.25) is 0 Å². The Balaban J connectivity index is 2.43. The Morgan fingerprint density at radius 2 is 1.77 bits per heavy atom. The summed E-state index contributed by atoms with van der Waals surface area (Å²) >= 11 is 0. The number of halogens is 2. The Bertz CT molecular complexity index is 706. The standard InChI is InChI=1S/C14H17F2NO4S/c1-14(2)5-7-17(8-6-14)22(20,21)10-4-3-9(15)11(12(10)16)13(18)19/h3-4H,5-8H2,1-2H3,(H,18,19). The molecule has 0 saturated carbocycles. The lowest BCUT2D eigenvalue weighted by molar-refractivity contribution is 0.0685. The average molecular weight is 333 g/mol. The molecule has 1 aromatic carbocycles. The van der Waals surface area contributed by atoms with Crippen LogP contribution < -0.4 is 0 Å². The molecule has 0 aromatic heterocycles. The van der Waals surface area contributed by atoms with Gasteiger partial charge in [0.25, 0.3) is 0 Å². The van der Waals surface area contributed by atoms with Gasteiger partial charge in [0.1, 0.15) is 16.3 Å². The first kappa shape index (κ1) is 16.8. The van der Waals surface area contributed by atoms with Crippen LogP contribution in [-0.2, 0) is 10.0 Å². The van der Waals surface area contributed by atoms with Gasteiger partial charge in [-0.3, -0.25) is 0 Å².